The average Bonchev–Trinajstić information content (AvgIpc) is 2.60. The van der Waals surface area contributed by atoms with E-state index < -0.39 is 17.5 Å². The van der Waals surface area contributed by atoms with Crippen LogP contribution in [0.3, 0.4) is 0 Å². The summed E-state index contributed by atoms with van der Waals surface area (Å²) in [5.41, 5.74) is 2.27. The van der Waals surface area contributed by atoms with Gasteiger partial charge in [0, 0.05) is 0 Å². The summed E-state index contributed by atoms with van der Waals surface area (Å²) in [4.78, 5) is 23.1. The molecule has 122 valence electrons. The molecule has 0 amide bonds. The highest BCUT2D eigenvalue weighted by Gasteiger charge is 2.17. The highest BCUT2D eigenvalue weighted by atomic mass is 16.5. The molecule has 0 radical (unpaired) electrons. The minimum Gasteiger partial charge on any atom is -0.477 e. The van der Waals surface area contributed by atoms with E-state index in [0.717, 1.165) is 16.7 Å². The van der Waals surface area contributed by atoms with Crippen molar-refractivity contribution in [2.45, 2.75) is 6.92 Å². The molecule has 0 fully saturated rings. The van der Waals surface area contributed by atoms with Crippen LogP contribution in [-0.2, 0) is 14.3 Å². The topological polar surface area (TPSA) is 63.6 Å². The van der Waals surface area contributed by atoms with Crippen molar-refractivity contribution in [2.75, 3.05) is 6.61 Å². The highest BCUT2D eigenvalue weighted by Crippen LogP contribution is 2.23. The Bertz CT molecular complexity index is 717. The number of carboxylic acid groups (broad SMARTS) is 1. The van der Waals surface area contributed by atoms with Crippen LogP contribution in [0.5, 0.6) is 0 Å². The second kappa shape index (κ2) is 8.48. The summed E-state index contributed by atoms with van der Waals surface area (Å²) in [6, 6.07) is 19.1. The SMILES string of the molecule is CCOC(=O)/C(=C\C=C(c1ccccc1)c1ccccc1)C(=O)O. The molecule has 0 unspecified atom stereocenters. The van der Waals surface area contributed by atoms with Gasteiger partial charge in [-0.25, -0.2) is 9.59 Å². The number of hydrogen-bond acceptors (Lipinski definition) is 3. The maximum absolute atomic E-state index is 11.8. The molecule has 4 heteroatoms. The quantitative estimate of drug-likeness (QED) is 0.290. The zero-order valence-electron chi connectivity index (χ0n) is 13.3. The monoisotopic (exact) mass is 322 g/mol. The first-order chi connectivity index (χ1) is 11.6. The summed E-state index contributed by atoms with van der Waals surface area (Å²) < 4.78 is 4.79. The Kier molecular flexibility index (Phi) is 6.08. The molecule has 0 aromatic heterocycles. The normalized spacial score (nSPS) is 10.8. The number of esters is 1. The van der Waals surface area contributed by atoms with Crippen LogP contribution in [0.2, 0.25) is 0 Å². The molecule has 0 aliphatic carbocycles. The smallest absolute Gasteiger partial charge is 0.345 e. The van der Waals surface area contributed by atoms with E-state index in [4.69, 9.17) is 4.74 Å². The van der Waals surface area contributed by atoms with Gasteiger partial charge >= 0.3 is 11.9 Å². The van der Waals surface area contributed by atoms with E-state index in [1.165, 1.54) is 6.08 Å². The fraction of sp³-hybridized carbons (Fsp3) is 0.100. The van der Waals surface area contributed by atoms with Crippen molar-refractivity contribution >= 4 is 17.5 Å². The maximum atomic E-state index is 11.8. The molecular formula is C20H18O4. The van der Waals surface area contributed by atoms with Crippen molar-refractivity contribution in [1.82, 2.24) is 0 Å². The maximum Gasteiger partial charge on any atom is 0.345 e. The van der Waals surface area contributed by atoms with Gasteiger partial charge in [-0.2, -0.15) is 0 Å². The van der Waals surface area contributed by atoms with Crippen LogP contribution < -0.4 is 0 Å². The number of ether oxygens (including phenoxy) is 1. The van der Waals surface area contributed by atoms with Gasteiger partial charge in [-0.3, -0.25) is 0 Å². The molecule has 4 nitrogen and oxygen atoms in total. The molecule has 2 aromatic rings. The highest BCUT2D eigenvalue weighted by molar-refractivity contribution is 6.13. The number of benzene rings is 2. The van der Waals surface area contributed by atoms with Gasteiger partial charge in [-0.15, -0.1) is 0 Å². The zero-order chi connectivity index (χ0) is 17.4. The number of aliphatic carboxylic acids is 1. The fourth-order valence-electron chi connectivity index (χ4n) is 2.20. The van der Waals surface area contributed by atoms with Gasteiger partial charge in [0.1, 0.15) is 5.57 Å². The third kappa shape index (κ3) is 4.43. The molecule has 0 atom stereocenters. The number of carboxylic acids is 1. The third-order valence-corrected chi connectivity index (χ3v) is 3.31. The van der Waals surface area contributed by atoms with E-state index in [-0.39, 0.29) is 6.61 Å². The number of rotatable bonds is 6. The van der Waals surface area contributed by atoms with Crippen LogP contribution in [0.25, 0.3) is 5.57 Å². The van der Waals surface area contributed by atoms with Gasteiger partial charge in [0.25, 0.3) is 0 Å². The molecule has 0 saturated heterocycles. The van der Waals surface area contributed by atoms with Gasteiger partial charge in [-0.1, -0.05) is 66.7 Å². The lowest BCUT2D eigenvalue weighted by Gasteiger charge is -2.08. The van der Waals surface area contributed by atoms with Gasteiger partial charge < -0.3 is 9.84 Å². The molecule has 0 spiro atoms. The molecule has 0 saturated carbocycles. The summed E-state index contributed by atoms with van der Waals surface area (Å²) in [6.07, 6.45) is 2.92. The zero-order valence-corrected chi connectivity index (χ0v) is 13.3. The Morgan fingerprint density at radius 2 is 1.42 bits per heavy atom. The van der Waals surface area contributed by atoms with E-state index in [1.54, 1.807) is 13.0 Å². The molecule has 0 aliphatic heterocycles. The number of hydrogen-bond donors (Lipinski definition) is 1. The first-order valence-electron chi connectivity index (χ1n) is 7.56. The standard InChI is InChI=1S/C20H18O4/c1-2-24-20(23)18(19(21)22)14-13-17(15-9-5-3-6-10-15)16-11-7-4-8-12-16/h3-14H,2H2,1H3,(H,21,22)/b18-14-. The van der Waals surface area contributed by atoms with Crippen LogP contribution in [0.15, 0.2) is 78.4 Å². The van der Waals surface area contributed by atoms with Crippen molar-refractivity contribution in [3.8, 4) is 0 Å². The molecule has 0 aliphatic rings. The minimum absolute atomic E-state index is 0.122. The summed E-state index contributed by atoms with van der Waals surface area (Å²) in [6.45, 7) is 1.75. The van der Waals surface area contributed by atoms with Crippen molar-refractivity contribution in [3.63, 3.8) is 0 Å². The van der Waals surface area contributed by atoms with Gasteiger partial charge in [0.15, 0.2) is 0 Å². The minimum atomic E-state index is -1.31. The lowest BCUT2D eigenvalue weighted by atomic mass is 9.97. The molecule has 0 heterocycles. The van der Waals surface area contributed by atoms with Gasteiger partial charge in [0.2, 0.25) is 0 Å². The van der Waals surface area contributed by atoms with Crippen LogP contribution in [0, 0.1) is 0 Å². The third-order valence-electron chi connectivity index (χ3n) is 3.31. The molecule has 2 rings (SSSR count). The number of allylic oxidation sites excluding steroid dienone is 2. The average molecular weight is 322 g/mol. The van der Waals surface area contributed by atoms with E-state index in [9.17, 15) is 14.7 Å². The summed E-state index contributed by atoms with van der Waals surface area (Å²) in [7, 11) is 0. The van der Waals surface area contributed by atoms with Crippen LogP contribution in [0.4, 0.5) is 0 Å². The first-order valence-corrected chi connectivity index (χ1v) is 7.56. The summed E-state index contributed by atoms with van der Waals surface area (Å²) in [5, 5.41) is 9.23. The van der Waals surface area contributed by atoms with Gasteiger partial charge in [0.05, 0.1) is 6.61 Å². The molecule has 1 N–H and O–H groups in total. The molecule has 24 heavy (non-hydrogen) atoms. The lowest BCUT2D eigenvalue weighted by Crippen LogP contribution is -2.15. The van der Waals surface area contributed by atoms with Crippen LogP contribution >= 0.6 is 0 Å². The number of carbonyl (C=O) groups is 2. The first kappa shape index (κ1) is 17.2. The van der Waals surface area contributed by atoms with E-state index in [1.807, 2.05) is 60.7 Å². The predicted molar refractivity (Wildman–Crippen MR) is 92.3 cm³/mol. The largest absolute Gasteiger partial charge is 0.477 e. The predicted octanol–water partition coefficient (Wildman–Crippen LogP) is 3.69. The van der Waals surface area contributed by atoms with E-state index >= 15 is 0 Å². The Balaban J connectivity index is 2.50. The van der Waals surface area contributed by atoms with Gasteiger partial charge in [-0.05, 0) is 29.7 Å². The summed E-state index contributed by atoms with van der Waals surface area (Å²) in [5.74, 6) is -2.16. The summed E-state index contributed by atoms with van der Waals surface area (Å²) >= 11 is 0. The second-order valence-corrected chi connectivity index (χ2v) is 4.92. The molecular weight excluding hydrogens is 304 g/mol. The number of carbonyl (C=O) groups excluding carboxylic acids is 1. The van der Waals surface area contributed by atoms with Crippen LogP contribution in [0.1, 0.15) is 18.1 Å². The Morgan fingerprint density at radius 3 is 1.83 bits per heavy atom. The molecule has 2 aromatic carbocycles. The van der Waals surface area contributed by atoms with E-state index in [0.29, 0.717) is 0 Å². The van der Waals surface area contributed by atoms with Crippen LogP contribution in [-0.4, -0.2) is 23.7 Å². The van der Waals surface area contributed by atoms with Crippen molar-refractivity contribution < 1.29 is 19.4 Å². The van der Waals surface area contributed by atoms with Crippen molar-refractivity contribution in [2.24, 2.45) is 0 Å². The van der Waals surface area contributed by atoms with Crippen molar-refractivity contribution in [1.29, 1.82) is 0 Å². The Hall–Kier alpha value is -3.14. The molecule has 0 bridgehead atoms. The Morgan fingerprint density at radius 1 is 0.917 bits per heavy atom. The van der Waals surface area contributed by atoms with E-state index in [2.05, 4.69) is 0 Å². The Labute approximate surface area is 140 Å². The lowest BCUT2D eigenvalue weighted by molar-refractivity contribution is -0.143. The fourth-order valence-corrected chi connectivity index (χ4v) is 2.20. The second-order valence-electron chi connectivity index (χ2n) is 4.92. The van der Waals surface area contributed by atoms with Crippen molar-refractivity contribution in [3.05, 3.63) is 89.5 Å².